The summed E-state index contributed by atoms with van der Waals surface area (Å²) in [5.74, 6) is -2.75. The molecule has 0 aliphatic carbocycles. The fraction of sp³-hybridized carbons (Fsp3) is 0.450. The summed E-state index contributed by atoms with van der Waals surface area (Å²) in [4.78, 5) is 28.1. The molecule has 1 aromatic carbocycles. The van der Waals surface area contributed by atoms with Crippen molar-refractivity contribution in [3.8, 4) is 0 Å². The Kier molecular flexibility index (Phi) is 5.76. The molecular formula is C20H22F2N4O5S. The number of hydrogen-bond acceptors (Lipinski definition) is 6. The second-order valence-corrected chi connectivity index (χ2v) is 9.79. The van der Waals surface area contributed by atoms with E-state index < -0.39 is 33.5 Å². The summed E-state index contributed by atoms with van der Waals surface area (Å²) in [5.41, 5.74) is 0.345. The third kappa shape index (κ3) is 3.99. The number of rotatable bonds is 4. The second-order valence-electron chi connectivity index (χ2n) is 7.92. The first-order chi connectivity index (χ1) is 15.1. The van der Waals surface area contributed by atoms with Crippen LogP contribution in [0.25, 0.3) is 0 Å². The fourth-order valence-electron chi connectivity index (χ4n) is 4.20. The summed E-state index contributed by atoms with van der Waals surface area (Å²) < 4.78 is 59.2. The summed E-state index contributed by atoms with van der Waals surface area (Å²) in [5, 5.41) is 3.69. The molecule has 2 saturated heterocycles. The molecule has 1 aromatic heterocycles. The number of sulfonamides is 1. The Morgan fingerprint density at radius 1 is 1.09 bits per heavy atom. The molecule has 4 rings (SSSR count). The van der Waals surface area contributed by atoms with Crippen molar-refractivity contribution in [1.29, 1.82) is 0 Å². The molecule has 0 bridgehead atoms. The van der Waals surface area contributed by atoms with Gasteiger partial charge < -0.3 is 14.3 Å². The predicted molar refractivity (Wildman–Crippen MR) is 108 cm³/mol. The number of nitrogens with zero attached hydrogens (tertiary/aromatic N) is 4. The lowest BCUT2D eigenvalue weighted by Gasteiger charge is -2.35. The molecule has 3 heterocycles. The molecule has 2 fully saturated rings. The average molecular weight is 468 g/mol. The SMILES string of the molecule is Cc1noc(C)c1S(=O)(=O)N1CCN(C(=O)C2CC(=O)N(c3cc(F)cc(F)c3)C2)CC1. The standard InChI is InChI=1S/C20H22F2N4O5S/c1-12-19(13(2)31-23-12)32(29,30)25-5-3-24(4-6-25)20(28)14-7-18(27)26(11-14)17-9-15(21)8-16(22)10-17/h8-10,14H,3-7,11H2,1-2H3. The van der Waals surface area contributed by atoms with Crippen LogP contribution in [0.1, 0.15) is 17.9 Å². The van der Waals surface area contributed by atoms with E-state index in [1.165, 1.54) is 21.0 Å². The zero-order chi connectivity index (χ0) is 23.2. The number of amides is 2. The van der Waals surface area contributed by atoms with Crippen molar-refractivity contribution in [3.63, 3.8) is 0 Å². The monoisotopic (exact) mass is 468 g/mol. The smallest absolute Gasteiger partial charge is 0.248 e. The van der Waals surface area contributed by atoms with Crippen molar-refractivity contribution in [2.45, 2.75) is 25.2 Å². The molecule has 2 aromatic rings. The van der Waals surface area contributed by atoms with E-state index in [9.17, 15) is 26.8 Å². The summed E-state index contributed by atoms with van der Waals surface area (Å²) in [6, 6.07) is 2.81. The van der Waals surface area contributed by atoms with Crippen LogP contribution in [-0.2, 0) is 19.6 Å². The molecule has 12 heteroatoms. The molecule has 172 valence electrons. The van der Waals surface area contributed by atoms with Gasteiger partial charge >= 0.3 is 0 Å². The van der Waals surface area contributed by atoms with Crippen LogP contribution in [-0.4, -0.2) is 67.3 Å². The highest BCUT2D eigenvalue weighted by Gasteiger charge is 2.40. The number of anilines is 1. The predicted octanol–water partition coefficient (Wildman–Crippen LogP) is 1.46. The quantitative estimate of drug-likeness (QED) is 0.673. The maximum absolute atomic E-state index is 13.5. The summed E-state index contributed by atoms with van der Waals surface area (Å²) in [6.07, 6.45) is -0.0748. The highest BCUT2D eigenvalue weighted by molar-refractivity contribution is 7.89. The molecule has 0 saturated carbocycles. The zero-order valence-electron chi connectivity index (χ0n) is 17.5. The lowest BCUT2D eigenvalue weighted by molar-refractivity contribution is -0.136. The van der Waals surface area contributed by atoms with E-state index >= 15 is 0 Å². The van der Waals surface area contributed by atoms with Gasteiger partial charge in [-0.1, -0.05) is 5.16 Å². The van der Waals surface area contributed by atoms with Crippen molar-refractivity contribution in [3.05, 3.63) is 41.3 Å². The Hall–Kier alpha value is -2.86. The highest BCUT2D eigenvalue weighted by atomic mass is 32.2. The number of hydrogen-bond donors (Lipinski definition) is 0. The molecule has 9 nitrogen and oxygen atoms in total. The van der Waals surface area contributed by atoms with Crippen LogP contribution >= 0.6 is 0 Å². The molecule has 1 unspecified atom stereocenters. The third-order valence-electron chi connectivity index (χ3n) is 5.75. The molecule has 1 atom stereocenters. The maximum atomic E-state index is 13.5. The van der Waals surface area contributed by atoms with Gasteiger partial charge in [-0.15, -0.1) is 0 Å². The molecule has 32 heavy (non-hydrogen) atoms. The van der Waals surface area contributed by atoms with Crippen molar-refractivity contribution in [2.24, 2.45) is 5.92 Å². The normalized spacial score (nSPS) is 20.2. The van der Waals surface area contributed by atoms with Crippen LogP contribution < -0.4 is 4.90 Å². The number of halogens is 2. The van der Waals surface area contributed by atoms with E-state index in [1.54, 1.807) is 6.92 Å². The van der Waals surface area contributed by atoms with Crippen LogP contribution in [0.2, 0.25) is 0 Å². The van der Waals surface area contributed by atoms with E-state index in [1.807, 2.05) is 0 Å². The fourth-order valence-corrected chi connectivity index (χ4v) is 5.91. The molecule has 2 aliphatic rings. The van der Waals surface area contributed by atoms with E-state index in [0.29, 0.717) is 6.07 Å². The van der Waals surface area contributed by atoms with Crippen molar-refractivity contribution in [1.82, 2.24) is 14.4 Å². The largest absolute Gasteiger partial charge is 0.360 e. The van der Waals surface area contributed by atoms with Crippen LogP contribution in [0.4, 0.5) is 14.5 Å². The number of carbonyl (C=O) groups is 2. The second kappa shape index (κ2) is 8.24. The van der Waals surface area contributed by atoms with Crippen LogP contribution in [0, 0.1) is 31.4 Å². The topological polar surface area (TPSA) is 104 Å². The Morgan fingerprint density at radius 2 is 1.72 bits per heavy atom. The molecule has 0 spiro atoms. The Balaban J connectivity index is 1.41. The summed E-state index contributed by atoms with van der Waals surface area (Å²) in [7, 11) is -3.80. The first kappa shape index (κ1) is 22.3. The average Bonchev–Trinajstić information content (AvgIpc) is 3.29. The van der Waals surface area contributed by atoms with Crippen LogP contribution in [0.5, 0.6) is 0 Å². The van der Waals surface area contributed by atoms with Gasteiger partial charge in [0.2, 0.25) is 21.8 Å². The minimum atomic E-state index is -3.80. The molecule has 0 radical (unpaired) electrons. The van der Waals surface area contributed by atoms with E-state index in [4.69, 9.17) is 4.52 Å². The summed E-state index contributed by atoms with van der Waals surface area (Å²) >= 11 is 0. The van der Waals surface area contributed by atoms with Gasteiger partial charge in [0.25, 0.3) is 0 Å². The van der Waals surface area contributed by atoms with E-state index in [0.717, 1.165) is 12.1 Å². The lowest BCUT2D eigenvalue weighted by Crippen LogP contribution is -2.52. The molecule has 2 aliphatic heterocycles. The van der Waals surface area contributed by atoms with Crippen molar-refractivity contribution >= 4 is 27.5 Å². The van der Waals surface area contributed by atoms with Gasteiger partial charge in [-0.05, 0) is 26.0 Å². The van der Waals surface area contributed by atoms with Crippen LogP contribution in [0.15, 0.2) is 27.6 Å². The first-order valence-corrected chi connectivity index (χ1v) is 11.5. The van der Waals surface area contributed by atoms with Crippen LogP contribution in [0.3, 0.4) is 0 Å². The van der Waals surface area contributed by atoms with Gasteiger partial charge in [-0.3, -0.25) is 9.59 Å². The van der Waals surface area contributed by atoms with Crippen molar-refractivity contribution in [2.75, 3.05) is 37.6 Å². The highest BCUT2D eigenvalue weighted by Crippen LogP contribution is 2.29. The lowest BCUT2D eigenvalue weighted by atomic mass is 10.1. The van der Waals surface area contributed by atoms with Gasteiger partial charge in [0, 0.05) is 50.9 Å². The van der Waals surface area contributed by atoms with E-state index in [-0.39, 0.29) is 67.1 Å². The minimum Gasteiger partial charge on any atom is -0.360 e. The molecular weight excluding hydrogens is 446 g/mol. The summed E-state index contributed by atoms with van der Waals surface area (Å²) in [6.45, 7) is 3.62. The number of benzene rings is 1. The zero-order valence-corrected chi connectivity index (χ0v) is 18.4. The van der Waals surface area contributed by atoms with Gasteiger partial charge in [-0.25, -0.2) is 17.2 Å². The minimum absolute atomic E-state index is 0.0121. The number of aryl methyl sites for hydroxylation is 2. The Labute approximate surface area is 183 Å². The van der Waals surface area contributed by atoms with Gasteiger partial charge in [0.05, 0.1) is 5.92 Å². The van der Waals surface area contributed by atoms with Crippen molar-refractivity contribution < 1.29 is 31.3 Å². The molecule has 0 N–H and O–H groups in total. The van der Waals surface area contributed by atoms with E-state index in [2.05, 4.69) is 5.16 Å². The first-order valence-electron chi connectivity index (χ1n) is 10.1. The number of carbonyl (C=O) groups excluding carboxylic acids is 2. The number of piperazine rings is 1. The van der Waals surface area contributed by atoms with Gasteiger partial charge in [0.15, 0.2) is 5.76 Å². The third-order valence-corrected chi connectivity index (χ3v) is 7.89. The molecule has 2 amide bonds. The van der Waals surface area contributed by atoms with Gasteiger partial charge in [-0.2, -0.15) is 4.31 Å². The number of aromatic nitrogens is 1. The Morgan fingerprint density at radius 3 is 2.28 bits per heavy atom. The maximum Gasteiger partial charge on any atom is 0.248 e. The van der Waals surface area contributed by atoms with Gasteiger partial charge in [0.1, 0.15) is 22.2 Å². The Bertz CT molecular complexity index is 1130.